The number of imidazole rings is 1. The number of aliphatic hydroxyl groups is 1. The molecule has 6 nitrogen and oxygen atoms in total. The number of aromatic amines is 1. The topological polar surface area (TPSA) is 76.0 Å². The summed E-state index contributed by atoms with van der Waals surface area (Å²) in [6.45, 7) is 2.40. The van der Waals surface area contributed by atoms with Crippen molar-refractivity contribution >= 4 is 11.2 Å². The summed E-state index contributed by atoms with van der Waals surface area (Å²) in [6, 6.07) is 15.6. The van der Waals surface area contributed by atoms with Crippen molar-refractivity contribution in [2.24, 2.45) is 0 Å². The quantitative estimate of drug-likeness (QED) is 0.587. The van der Waals surface area contributed by atoms with Crippen LogP contribution in [0.5, 0.6) is 5.75 Å². The normalized spacial score (nSPS) is 11.1. The van der Waals surface area contributed by atoms with E-state index in [1.165, 1.54) is 0 Å². The standard InChI is InChI=1S/C19H18N4O2/c1-2-25-17-9-8-13(10-14(17)12-24)18-21-16-11-20-23(19(16)22-18)15-6-4-3-5-7-15/h3-11,24H,2,12H2,1H3,(H,21,22). The van der Waals surface area contributed by atoms with E-state index >= 15 is 0 Å². The minimum Gasteiger partial charge on any atom is -0.494 e. The van der Waals surface area contributed by atoms with Gasteiger partial charge in [0.1, 0.15) is 17.1 Å². The monoisotopic (exact) mass is 334 g/mol. The molecule has 0 aliphatic rings. The molecule has 2 heterocycles. The third-order valence-electron chi connectivity index (χ3n) is 4.02. The Labute approximate surface area is 144 Å². The summed E-state index contributed by atoms with van der Waals surface area (Å²) < 4.78 is 7.34. The van der Waals surface area contributed by atoms with Crippen molar-refractivity contribution < 1.29 is 9.84 Å². The van der Waals surface area contributed by atoms with Gasteiger partial charge in [-0.1, -0.05) is 18.2 Å². The van der Waals surface area contributed by atoms with Crippen molar-refractivity contribution in [1.82, 2.24) is 19.7 Å². The van der Waals surface area contributed by atoms with Crippen LogP contribution in [0.25, 0.3) is 28.2 Å². The maximum Gasteiger partial charge on any atom is 0.181 e. The lowest BCUT2D eigenvalue weighted by Gasteiger charge is -2.09. The molecular formula is C19H18N4O2. The van der Waals surface area contributed by atoms with Gasteiger partial charge in [-0.15, -0.1) is 0 Å². The van der Waals surface area contributed by atoms with E-state index in [9.17, 15) is 5.11 Å². The Morgan fingerprint density at radius 2 is 2.00 bits per heavy atom. The molecule has 0 spiro atoms. The highest BCUT2D eigenvalue weighted by molar-refractivity contribution is 5.77. The van der Waals surface area contributed by atoms with Crippen molar-refractivity contribution in [3.63, 3.8) is 0 Å². The number of nitrogens with one attached hydrogen (secondary N) is 1. The zero-order valence-electron chi connectivity index (χ0n) is 13.8. The largest absolute Gasteiger partial charge is 0.494 e. The third kappa shape index (κ3) is 2.77. The highest BCUT2D eigenvalue weighted by Crippen LogP contribution is 2.27. The fourth-order valence-electron chi connectivity index (χ4n) is 2.84. The van der Waals surface area contributed by atoms with Gasteiger partial charge in [0.05, 0.1) is 25.1 Å². The van der Waals surface area contributed by atoms with Crippen LogP contribution < -0.4 is 4.74 Å². The summed E-state index contributed by atoms with van der Waals surface area (Å²) in [5, 5.41) is 14.0. The van der Waals surface area contributed by atoms with E-state index in [2.05, 4.69) is 10.1 Å². The summed E-state index contributed by atoms with van der Waals surface area (Å²) in [6.07, 6.45) is 1.76. The van der Waals surface area contributed by atoms with E-state index in [1.54, 1.807) is 10.9 Å². The Morgan fingerprint density at radius 3 is 2.76 bits per heavy atom. The molecule has 0 unspecified atom stereocenters. The number of rotatable bonds is 5. The van der Waals surface area contributed by atoms with E-state index in [0.29, 0.717) is 12.4 Å². The molecule has 0 saturated carbocycles. The first kappa shape index (κ1) is 15.4. The lowest BCUT2D eigenvalue weighted by atomic mass is 10.1. The first-order chi connectivity index (χ1) is 12.3. The molecule has 0 atom stereocenters. The van der Waals surface area contributed by atoms with E-state index in [0.717, 1.165) is 33.8 Å². The zero-order valence-corrected chi connectivity index (χ0v) is 13.8. The number of hydrogen-bond acceptors (Lipinski definition) is 4. The number of aromatic nitrogens is 4. The molecule has 2 N–H and O–H groups in total. The Kier molecular flexibility index (Phi) is 3.95. The predicted molar refractivity (Wildman–Crippen MR) is 95.7 cm³/mol. The van der Waals surface area contributed by atoms with Gasteiger partial charge in [0.15, 0.2) is 5.65 Å². The molecule has 0 radical (unpaired) electrons. The van der Waals surface area contributed by atoms with Gasteiger partial charge >= 0.3 is 0 Å². The van der Waals surface area contributed by atoms with Crippen LogP contribution in [-0.4, -0.2) is 31.5 Å². The Bertz CT molecular complexity index is 1000. The van der Waals surface area contributed by atoms with Gasteiger partial charge in [-0.25, -0.2) is 9.67 Å². The van der Waals surface area contributed by atoms with Crippen LogP contribution in [0.4, 0.5) is 0 Å². The molecule has 0 fully saturated rings. The summed E-state index contributed by atoms with van der Waals surface area (Å²) in [5.74, 6) is 1.43. The molecule has 0 amide bonds. The van der Waals surface area contributed by atoms with Crippen LogP contribution in [0.3, 0.4) is 0 Å². The molecule has 4 aromatic rings. The smallest absolute Gasteiger partial charge is 0.181 e. The van der Waals surface area contributed by atoms with E-state index < -0.39 is 0 Å². The second-order valence-corrected chi connectivity index (χ2v) is 5.63. The Hall–Kier alpha value is -3.12. The molecule has 25 heavy (non-hydrogen) atoms. The number of H-pyrrole nitrogens is 1. The number of nitrogens with zero attached hydrogens (tertiary/aromatic N) is 3. The summed E-state index contributed by atoms with van der Waals surface area (Å²) >= 11 is 0. The van der Waals surface area contributed by atoms with Gasteiger partial charge in [0, 0.05) is 11.1 Å². The minimum absolute atomic E-state index is 0.0821. The maximum atomic E-state index is 9.58. The summed E-state index contributed by atoms with van der Waals surface area (Å²) in [5.41, 5.74) is 4.21. The van der Waals surface area contributed by atoms with Crippen LogP contribution >= 0.6 is 0 Å². The molecule has 2 aromatic heterocycles. The van der Waals surface area contributed by atoms with Gasteiger partial charge < -0.3 is 14.8 Å². The zero-order chi connectivity index (χ0) is 17.2. The molecule has 126 valence electrons. The Balaban J connectivity index is 1.77. The fraction of sp³-hybridized carbons (Fsp3) is 0.158. The highest BCUT2D eigenvalue weighted by Gasteiger charge is 2.13. The molecule has 0 aliphatic carbocycles. The lowest BCUT2D eigenvalue weighted by molar-refractivity contribution is 0.267. The van der Waals surface area contributed by atoms with Gasteiger partial charge in [-0.05, 0) is 37.3 Å². The third-order valence-corrected chi connectivity index (χ3v) is 4.02. The maximum absolute atomic E-state index is 9.58. The molecule has 6 heteroatoms. The van der Waals surface area contributed by atoms with Crippen LogP contribution in [0.15, 0.2) is 54.7 Å². The summed E-state index contributed by atoms with van der Waals surface area (Å²) in [7, 11) is 0. The van der Waals surface area contributed by atoms with Gasteiger partial charge in [-0.2, -0.15) is 5.10 Å². The van der Waals surface area contributed by atoms with Crippen LogP contribution in [0, 0.1) is 0 Å². The number of ether oxygens (including phenoxy) is 1. The molecule has 0 saturated heterocycles. The van der Waals surface area contributed by atoms with Crippen molar-refractivity contribution in [3.05, 3.63) is 60.3 Å². The average molecular weight is 334 g/mol. The van der Waals surface area contributed by atoms with Crippen molar-refractivity contribution in [2.75, 3.05) is 6.61 Å². The van der Waals surface area contributed by atoms with Crippen LogP contribution in [0.2, 0.25) is 0 Å². The van der Waals surface area contributed by atoms with E-state index in [-0.39, 0.29) is 6.61 Å². The molecule has 0 aliphatic heterocycles. The number of para-hydroxylation sites is 1. The van der Waals surface area contributed by atoms with Gasteiger partial charge in [0.25, 0.3) is 0 Å². The molecule has 2 aromatic carbocycles. The number of hydrogen-bond donors (Lipinski definition) is 2. The van der Waals surface area contributed by atoms with E-state index in [1.807, 2.05) is 55.5 Å². The van der Waals surface area contributed by atoms with E-state index in [4.69, 9.17) is 9.72 Å². The second kappa shape index (κ2) is 6.41. The van der Waals surface area contributed by atoms with Crippen molar-refractivity contribution in [2.45, 2.75) is 13.5 Å². The predicted octanol–water partition coefficient (Wildman–Crippen LogP) is 3.31. The van der Waals surface area contributed by atoms with Gasteiger partial charge in [0.2, 0.25) is 0 Å². The lowest BCUT2D eigenvalue weighted by Crippen LogP contribution is -1.98. The van der Waals surface area contributed by atoms with Crippen LogP contribution in [-0.2, 0) is 6.61 Å². The van der Waals surface area contributed by atoms with Crippen molar-refractivity contribution in [3.8, 4) is 22.8 Å². The molecule has 4 rings (SSSR count). The fourth-order valence-corrected chi connectivity index (χ4v) is 2.84. The highest BCUT2D eigenvalue weighted by atomic mass is 16.5. The molecular weight excluding hydrogens is 316 g/mol. The van der Waals surface area contributed by atoms with Gasteiger partial charge in [-0.3, -0.25) is 0 Å². The SMILES string of the molecule is CCOc1ccc(-c2nc3c(cnn3-c3ccccc3)[nH]2)cc1CO. The minimum atomic E-state index is -0.0821. The average Bonchev–Trinajstić information content (AvgIpc) is 3.23. The number of aliphatic hydroxyl groups excluding tert-OH is 1. The van der Waals surface area contributed by atoms with Crippen molar-refractivity contribution in [1.29, 1.82) is 0 Å². The number of fused-ring (bicyclic) bond motifs is 1. The van der Waals surface area contributed by atoms with Crippen LogP contribution in [0.1, 0.15) is 12.5 Å². The summed E-state index contributed by atoms with van der Waals surface area (Å²) in [4.78, 5) is 7.98. The first-order valence-corrected chi connectivity index (χ1v) is 8.16. The molecule has 0 bridgehead atoms. The number of benzene rings is 2. The Morgan fingerprint density at radius 1 is 1.16 bits per heavy atom. The first-order valence-electron chi connectivity index (χ1n) is 8.16. The second-order valence-electron chi connectivity index (χ2n) is 5.63.